The lowest BCUT2D eigenvalue weighted by Gasteiger charge is -2.33. The average Bonchev–Trinajstić information content (AvgIpc) is 2.48. The van der Waals surface area contributed by atoms with E-state index in [0.29, 0.717) is 6.42 Å². The molecule has 0 amide bonds. The second-order valence-corrected chi connectivity index (χ2v) is 5.11. The van der Waals surface area contributed by atoms with E-state index in [4.69, 9.17) is 9.47 Å². The van der Waals surface area contributed by atoms with Crippen molar-refractivity contribution >= 4 is 0 Å². The molecular weight excluding hydrogens is 345 g/mol. The molecule has 138 valence electrons. The predicted molar refractivity (Wildman–Crippen MR) is 72.5 cm³/mol. The molecule has 0 radical (unpaired) electrons. The van der Waals surface area contributed by atoms with Crippen LogP contribution in [0.25, 0.3) is 0 Å². The molecule has 1 aromatic rings. The van der Waals surface area contributed by atoms with Gasteiger partial charge in [0.15, 0.2) is 0 Å². The van der Waals surface area contributed by atoms with Gasteiger partial charge in [-0.15, -0.1) is 0 Å². The van der Waals surface area contributed by atoms with Crippen molar-refractivity contribution in [3.8, 4) is 5.75 Å². The van der Waals surface area contributed by atoms with Crippen LogP contribution in [-0.2, 0) is 4.74 Å². The zero-order valence-corrected chi connectivity index (χ0v) is 13.0. The van der Waals surface area contributed by atoms with E-state index >= 15 is 0 Å². The van der Waals surface area contributed by atoms with Crippen LogP contribution >= 0.6 is 0 Å². The molecule has 0 spiro atoms. The summed E-state index contributed by atoms with van der Waals surface area (Å²) in [4.78, 5) is 0. The summed E-state index contributed by atoms with van der Waals surface area (Å²) in [5.74, 6) is 0.0536. The molecule has 0 saturated carbocycles. The minimum Gasteiger partial charge on any atom is -0.493 e. The summed E-state index contributed by atoms with van der Waals surface area (Å²) >= 11 is 0. The maximum absolute atomic E-state index is 13.9. The third-order valence-corrected chi connectivity index (χ3v) is 3.38. The lowest BCUT2D eigenvalue weighted by atomic mass is 9.92. The minimum absolute atomic E-state index is 0.0536. The van der Waals surface area contributed by atoms with E-state index in [1.807, 2.05) is 0 Å². The summed E-state index contributed by atoms with van der Waals surface area (Å²) < 4.78 is 100. The van der Waals surface area contributed by atoms with Crippen LogP contribution in [0.4, 0.5) is 30.7 Å². The molecule has 0 aliphatic carbocycles. The largest absolute Gasteiger partial charge is 0.493 e. The van der Waals surface area contributed by atoms with Gasteiger partial charge in [0, 0.05) is 19.1 Å². The average molecular weight is 362 g/mol. The molecule has 0 saturated heterocycles. The summed E-state index contributed by atoms with van der Waals surface area (Å²) in [5.41, 5.74) is -5.47. The summed E-state index contributed by atoms with van der Waals surface area (Å²) in [6, 6.07) is 5.50. The van der Waals surface area contributed by atoms with Crippen LogP contribution in [0.5, 0.6) is 5.75 Å². The van der Waals surface area contributed by atoms with E-state index in [0.717, 1.165) is 7.11 Å². The second-order valence-electron chi connectivity index (χ2n) is 5.11. The second kappa shape index (κ2) is 7.58. The van der Waals surface area contributed by atoms with E-state index in [-0.39, 0.29) is 17.9 Å². The fourth-order valence-electron chi connectivity index (χ4n) is 2.06. The number of para-hydroxylation sites is 1. The molecule has 1 aromatic carbocycles. The van der Waals surface area contributed by atoms with Crippen LogP contribution in [0, 0.1) is 0 Å². The molecule has 0 aliphatic rings. The van der Waals surface area contributed by atoms with Crippen LogP contribution in [0.2, 0.25) is 0 Å². The molecule has 0 bridgehead atoms. The summed E-state index contributed by atoms with van der Waals surface area (Å²) in [6.07, 6.45) is -15.4. The highest BCUT2D eigenvalue weighted by molar-refractivity contribution is 5.35. The first-order chi connectivity index (χ1) is 11.0. The number of halogens is 7. The molecule has 0 fully saturated rings. The van der Waals surface area contributed by atoms with Crippen molar-refractivity contribution in [3.05, 3.63) is 29.8 Å². The first kappa shape index (κ1) is 20.5. The van der Waals surface area contributed by atoms with Crippen molar-refractivity contribution in [1.82, 2.24) is 0 Å². The van der Waals surface area contributed by atoms with Crippen LogP contribution in [0.1, 0.15) is 31.4 Å². The number of rotatable bonds is 7. The fraction of sp³-hybridized carbons (Fsp3) is 0.600. The standard InChI is InChI=1S/C15H17F7O2/c1-3-8-24-11-7-5-4-6-10(11)12(23-2)9-13(16,14(17,18)19)15(20,21)22/h4-7,12H,3,8-9H2,1-2H3. The van der Waals surface area contributed by atoms with E-state index < -0.39 is 30.5 Å². The molecular formula is C15H17F7O2. The Balaban J connectivity index is 3.23. The van der Waals surface area contributed by atoms with Gasteiger partial charge in [-0.25, -0.2) is 4.39 Å². The minimum atomic E-state index is -6.12. The topological polar surface area (TPSA) is 18.5 Å². The summed E-state index contributed by atoms with van der Waals surface area (Å²) in [6.45, 7) is 1.98. The van der Waals surface area contributed by atoms with Gasteiger partial charge in [-0.2, -0.15) is 26.3 Å². The Hall–Kier alpha value is -1.51. The maximum Gasteiger partial charge on any atom is 0.431 e. The van der Waals surface area contributed by atoms with Crippen molar-refractivity contribution in [2.75, 3.05) is 13.7 Å². The molecule has 9 heteroatoms. The monoisotopic (exact) mass is 362 g/mol. The van der Waals surface area contributed by atoms with Gasteiger partial charge >= 0.3 is 18.0 Å². The zero-order valence-electron chi connectivity index (χ0n) is 13.0. The van der Waals surface area contributed by atoms with Crippen molar-refractivity contribution < 1.29 is 40.2 Å². The van der Waals surface area contributed by atoms with Gasteiger partial charge < -0.3 is 9.47 Å². The Kier molecular flexibility index (Phi) is 6.49. The number of hydrogen-bond acceptors (Lipinski definition) is 2. The molecule has 0 aliphatic heterocycles. The molecule has 1 atom stereocenters. The number of methoxy groups -OCH3 is 1. The maximum atomic E-state index is 13.9. The first-order valence-corrected chi connectivity index (χ1v) is 7.04. The highest BCUT2D eigenvalue weighted by atomic mass is 19.4. The van der Waals surface area contributed by atoms with E-state index in [2.05, 4.69) is 0 Å². The molecule has 1 unspecified atom stereocenters. The number of ether oxygens (including phenoxy) is 2. The third kappa shape index (κ3) is 4.31. The van der Waals surface area contributed by atoms with Crippen LogP contribution < -0.4 is 4.74 Å². The van der Waals surface area contributed by atoms with Crippen LogP contribution in [0.3, 0.4) is 0 Å². The Morgan fingerprint density at radius 2 is 1.50 bits per heavy atom. The van der Waals surface area contributed by atoms with Gasteiger partial charge in [0.25, 0.3) is 0 Å². The van der Waals surface area contributed by atoms with Crippen molar-refractivity contribution in [1.29, 1.82) is 0 Å². The Morgan fingerprint density at radius 1 is 0.958 bits per heavy atom. The Morgan fingerprint density at radius 3 is 1.96 bits per heavy atom. The van der Waals surface area contributed by atoms with Crippen molar-refractivity contribution in [3.63, 3.8) is 0 Å². The Labute approximate surface area is 134 Å². The molecule has 24 heavy (non-hydrogen) atoms. The van der Waals surface area contributed by atoms with E-state index in [9.17, 15) is 30.7 Å². The van der Waals surface area contributed by atoms with Crippen molar-refractivity contribution in [2.45, 2.75) is 43.9 Å². The zero-order chi connectivity index (χ0) is 18.6. The molecule has 0 aromatic heterocycles. The fourth-order valence-corrected chi connectivity index (χ4v) is 2.06. The normalized spacial score (nSPS) is 14.5. The van der Waals surface area contributed by atoms with Gasteiger partial charge in [0.1, 0.15) is 5.75 Å². The summed E-state index contributed by atoms with van der Waals surface area (Å²) in [7, 11) is 0.911. The third-order valence-electron chi connectivity index (χ3n) is 3.38. The molecule has 2 nitrogen and oxygen atoms in total. The van der Waals surface area contributed by atoms with Gasteiger partial charge in [0.05, 0.1) is 12.7 Å². The van der Waals surface area contributed by atoms with Gasteiger partial charge in [-0.05, 0) is 12.5 Å². The van der Waals surface area contributed by atoms with Gasteiger partial charge in [0.2, 0.25) is 0 Å². The van der Waals surface area contributed by atoms with Crippen LogP contribution in [-0.4, -0.2) is 31.7 Å². The highest BCUT2D eigenvalue weighted by Gasteiger charge is 2.72. The Bertz CT molecular complexity index is 511. The molecule has 1 rings (SSSR count). The van der Waals surface area contributed by atoms with Gasteiger partial charge in [-0.3, -0.25) is 0 Å². The number of alkyl halides is 7. The highest BCUT2D eigenvalue weighted by Crippen LogP contribution is 2.51. The number of hydrogen-bond donors (Lipinski definition) is 0. The van der Waals surface area contributed by atoms with Gasteiger partial charge in [-0.1, -0.05) is 25.1 Å². The van der Waals surface area contributed by atoms with Crippen molar-refractivity contribution in [2.24, 2.45) is 0 Å². The first-order valence-electron chi connectivity index (χ1n) is 7.04. The lowest BCUT2D eigenvalue weighted by molar-refractivity contribution is -0.348. The lowest BCUT2D eigenvalue weighted by Crippen LogP contribution is -2.54. The molecule has 0 N–H and O–H groups in total. The van der Waals surface area contributed by atoms with Crippen LogP contribution in [0.15, 0.2) is 24.3 Å². The number of benzene rings is 1. The van der Waals surface area contributed by atoms with E-state index in [1.165, 1.54) is 24.3 Å². The summed E-state index contributed by atoms with van der Waals surface area (Å²) in [5, 5.41) is 0. The SMILES string of the molecule is CCCOc1ccccc1C(CC(F)(C(F)(F)F)C(F)(F)F)OC. The van der Waals surface area contributed by atoms with E-state index in [1.54, 1.807) is 6.92 Å². The quantitative estimate of drug-likeness (QED) is 0.606. The smallest absolute Gasteiger partial charge is 0.431 e. The molecule has 0 heterocycles. The predicted octanol–water partition coefficient (Wildman–Crippen LogP) is 5.39.